The highest BCUT2D eigenvalue weighted by molar-refractivity contribution is 9.10. The van der Waals surface area contributed by atoms with Crippen molar-refractivity contribution in [2.45, 2.75) is 41.2 Å². The van der Waals surface area contributed by atoms with Crippen molar-refractivity contribution in [1.29, 1.82) is 0 Å². The summed E-state index contributed by atoms with van der Waals surface area (Å²) in [5.41, 5.74) is 9.26. The van der Waals surface area contributed by atoms with Gasteiger partial charge in [0.05, 0.1) is 0 Å². The smallest absolute Gasteiger partial charge is 0.0406 e. The normalized spacial score (nSPS) is 10.7. The van der Waals surface area contributed by atoms with Crippen LogP contribution in [-0.4, -0.2) is 0 Å². The molecule has 2 heteroatoms. The molecular formula is C18H22BrN. The summed E-state index contributed by atoms with van der Waals surface area (Å²) >= 11 is 3.55. The summed E-state index contributed by atoms with van der Waals surface area (Å²) < 4.78 is 1.14. The van der Waals surface area contributed by atoms with Crippen molar-refractivity contribution in [3.63, 3.8) is 0 Å². The van der Waals surface area contributed by atoms with E-state index in [1.54, 1.807) is 0 Å². The Morgan fingerprint density at radius 3 is 1.80 bits per heavy atom. The third kappa shape index (κ3) is 3.24. The van der Waals surface area contributed by atoms with Gasteiger partial charge in [0.25, 0.3) is 0 Å². The number of benzene rings is 2. The molecule has 0 radical (unpaired) electrons. The molecule has 0 unspecified atom stereocenters. The molecule has 0 heterocycles. The van der Waals surface area contributed by atoms with Crippen molar-refractivity contribution in [3.05, 3.63) is 62.1 Å². The molecular weight excluding hydrogens is 310 g/mol. The van der Waals surface area contributed by atoms with Gasteiger partial charge in [0.2, 0.25) is 0 Å². The molecule has 1 N–H and O–H groups in total. The second-order valence-electron chi connectivity index (χ2n) is 5.65. The Hall–Kier alpha value is -1.28. The molecule has 0 atom stereocenters. The van der Waals surface area contributed by atoms with E-state index < -0.39 is 0 Å². The topological polar surface area (TPSA) is 12.0 Å². The van der Waals surface area contributed by atoms with Gasteiger partial charge in [0.15, 0.2) is 0 Å². The average Bonchev–Trinajstić information content (AvgIpc) is 2.30. The van der Waals surface area contributed by atoms with Crippen LogP contribution in [-0.2, 0) is 6.54 Å². The standard InChI is InChI=1S/C18H22BrN/c1-11-6-12(2)17(13(3)7-11)10-20-18-14(4)8-16(19)9-15(18)5/h6-9,20H,10H2,1-5H3. The quantitative estimate of drug-likeness (QED) is 0.771. The van der Waals surface area contributed by atoms with Gasteiger partial charge in [-0.2, -0.15) is 0 Å². The zero-order valence-electron chi connectivity index (χ0n) is 12.9. The van der Waals surface area contributed by atoms with Crippen molar-refractivity contribution in [2.24, 2.45) is 0 Å². The maximum atomic E-state index is 3.61. The van der Waals surface area contributed by atoms with E-state index in [2.05, 4.69) is 80.1 Å². The van der Waals surface area contributed by atoms with Crippen LogP contribution in [0.25, 0.3) is 0 Å². The van der Waals surface area contributed by atoms with Crippen LogP contribution in [0.2, 0.25) is 0 Å². The van der Waals surface area contributed by atoms with E-state index in [0.717, 1.165) is 11.0 Å². The molecule has 0 amide bonds. The highest BCUT2D eigenvalue weighted by Crippen LogP contribution is 2.26. The second-order valence-corrected chi connectivity index (χ2v) is 6.56. The third-order valence-electron chi connectivity index (χ3n) is 3.78. The van der Waals surface area contributed by atoms with Crippen LogP contribution in [0, 0.1) is 34.6 Å². The molecule has 0 aliphatic carbocycles. The van der Waals surface area contributed by atoms with Crippen LogP contribution in [0.3, 0.4) is 0 Å². The Morgan fingerprint density at radius 1 is 0.800 bits per heavy atom. The van der Waals surface area contributed by atoms with Gasteiger partial charge in [-0.3, -0.25) is 0 Å². The number of nitrogens with one attached hydrogen (secondary N) is 1. The molecule has 0 saturated carbocycles. The minimum Gasteiger partial charge on any atom is -0.381 e. The number of aryl methyl sites for hydroxylation is 5. The van der Waals surface area contributed by atoms with E-state index >= 15 is 0 Å². The van der Waals surface area contributed by atoms with Gasteiger partial charge < -0.3 is 5.32 Å². The Bertz CT molecular complexity index is 540. The first-order valence-corrected chi connectivity index (χ1v) is 7.75. The molecule has 0 bridgehead atoms. The minimum atomic E-state index is 0.876. The molecule has 0 fully saturated rings. The summed E-state index contributed by atoms with van der Waals surface area (Å²) in [6.07, 6.45) is 0. The van der Waals surface area contributed by atoms with E-state index in [1.165, 1.54) is 39.1 Å². The Morgan fingerprint density at radius 2 is 1.30 bits per heavy atom. The van der Waals surface area contributed by atoms with Gasteiger partial charge in [-0.25, -0.2) is 0 Å². The van der Waals surface area contributed by atoms with Crippen LogP contribution < -0.4 is 5.32 Å². The largest absolute Gasteiger partial charge is 0.381 e. The summed E-state index contributed by atoms with van der Waals surface area (Å²) in [6.45, 7) is 11.7. The highest BCUT2D eigenvalue weighted by atomic mass is 79.9. The maximum Gasteiger partial charge on any atom is 0.0406 e. The van der Waals surface area contributed by atoms with E-state index in [9.17, 15) is 0 Å². The van der Waals surface area contributed by atoms with Crippen LogP contribution >= 0.6 is 15.9 Å². The molecule has 0 saturated heterocycles. The summed E-state index contributed by atoms with van der Waals surface area (Å²) in [6, 6.07) is 8.82. The fourth-order valence-corrected chi connectivity index (χ4v) is 3.54. The lowest BCUT2D eigenvalue weighted by Gasteiger charge is -2.16. The van der Waals surface area contributed by atoms with Gasteiger partial charge in [-0.1, -0.05) is 33.6 Å². The fraction of sp³-hybridized carbons (Fsp3) is 0.333. The van der Waals surface area contributed by atoms with E-state index in [4.69, 9.17) is 0 Å². The zero-order chi connectivity index (χ0) is 14.9. The van der Waals surface area contributed by atoms with Crippen LogP contribution in [0.1, 0.15) is 33.4 Å². The highest BCUT2D eigenvalue weighted by Gasteiger charge is 2.07. The number of anilines is 1. The summed E-state index contributed by atoms with van der Waals surface area (Å²) in [7, 11) is 0. The molecule has 2 rings (SSSR count). The van der Waals surface area contributed by atoms with E-state index in [0.29, 0.717) is 0 Å². The predicted molar refractivity (Wildman–Crippen MR) is 91.6 cm³/mol. The molecule has 2 aromatic carbocycles. The van der Waals surface area contributed by atoms with Gasteiger partial charge in [0, 0.05) is 16.7 Å². The maximum absolute atomic E-state index is 3.61. The third-order valence-corrected chi connectivity index (χ3v) is 4.24. The lowest BCUT2D eigenvalue weighted by Crippen LogP contribution is -2.06. The number of hydrogen-bond donors (Lipinski definition) is 1. The molecule has 106 valence electrons. The Labute approximate surface area is 130 Å². The van der Waals surface area contributed by atoms with Crippen molar-refractivity contribution in [2.75, 3.05) is 5.32 Å². The molecule has 2 aromatic rings. The van der Waals surface area contributed by atoms with Crippen molar-refractivity contribution in [3.8, 4) is 0 Å². The summed E-state index contributed by atoms with van der Waals surface area (Å²) in [5, 5.41) is 3.61. The molecule has 0 aliphatic heterocycles. The first kappa shape index (κ1) is 15.1. The van der Waals surface area contributed by atoms with Gasteiger partial charge in [0.1, 0.15) is 0 Å². The first-order valence-electron chi connectivity index (χ1n) is 6.96. The lowest BCUT2D eigenvalue weighted by molar-refractivity contribution is 1.07. The van der Waals surface area contributed by atoms with E-state index in [1.807, 2.05) is 0 Å². The number of rotatable bonds is 3. The van der Waals surface area contributed by atoms with E-state index in [-0.39, 0.29) is 0 Å². The Kier molecular flexibility index (Phi) is 4.54. The minimum absolute atomic E-state index is 0.876. The van der Waals surface area contributed by atoms with Crippen LogP contribution in [0.5, 0.6) is 0 Å². The van der Waals surface area contributed by atoms with Gasteiger partial charge in [-0.15, -0.1) is 0 Å². The monoisotopic (exact) mass is 331 g/mol. The number of hydrogen-bond acceptors (Lipinski definition) is 1. The van der Waals surface area contributed by atoms with Crippen LogP contribution in [0.4, 0.5) is 5.69 Å². The van der Waals surface area contributed by atoms with Gasteiger partial charge >= 0.3 is 0 Å². The van der Waals surface area contributed by atoms with Crippen molar-refractivity contribution < 1.29 is 0 Å². The predicted octanol–water partition coefficient (Wildman–Crippen LogP) is 5.60. The fourth-order valence-electron chi connectivity index (χ4n) is 2.86. The molecule has 1 nitrogen and oxygen atoms in total. The summed E-state index contributed by atoms with van der Waals surface area (Å²) in [5.74, 6) is 0. The van der Waals surface area contributed by atoms with Crippen LogP contribution in [0.15, 0.2) is 28.7 Å². The Balaban J connectivity index is 2.26. The lowest BCUT2D eigenvalue weighted by atomic mass is 9.99. The second kappa shape index (κ2) is 6.01. The van der Waals surface area contributed by atoms with Gasteiger partial charge in [-0.05, 0) is 74.6 Å². The zero-order valence-corrected chi connectivity index (χ0v) is 14.5. The first-order chi connectivity index (χ1) is 9.38. The molecule has 0 spiro atoms. The molecule has 0 aliphatic rings. The SMILES string of the molecule is Cc1cc(C)c(CNc2c(C)cc(Br)cc2C)c(C)c1. The molecule has 20 heavy (non-hydrogen) atoms. The van der Waals surface area contributed by atoms with Crippen molar-refractivity contribution >= 4 is 21.6 Å². The molecule has 0 aromatic heterocycles. The van der Waals surface area contributed by atoms with Crippen molar-refractivity contribution in [1.82, 2.24) is 0 Å². The summed E-state index contributed by atoms with van der Waals surface area (Å²) in [4.78, 5) is 0. The number of halogens is 1. The average molecular weight is 332 g/mol.